The smallest absolute Gasteiger partial charge is 0.233 e. The van der Waals surface area contributed by atoms with Crippen LogP contribution in [0.25, 0.3) is 17.1 Å². The topological polar surface area (TPSA) is 69.0 Å². The average molecular weight is 429 g/mol. The van der Waals surface area contributed by atoms with E-state index < -0.39 is 0 Å². The van der Waals surface area contributed by atoms with Crippen molar-refractivity contribution in [2.24, 2.45) is 0 Å². The third-order valence-corrected chi connectivity index (χ3v) is 6.26. The molecule has 1 saturated heterocycles. The number of hydrogen-bond donors (Lipinski definition) is 1. The molecule has 2 heterocycles. The average Bonchev–Trinajstić information content (AvgIpc) is 3.05. The zero-order chi connectivity index (χ0) is 20.2. The van der Waals surface area contributed by atoms with Crippen molar-refractivity contribution in [3.05, 3.63) is 53.6 Å². The van der Waals surface area contributed by atoms with Crippen molar-refractivity contribution in [2.75, 3.05) is 13.7 Å². The largest absolute Gasteiger partial charge is 0.496 e. The van der Waals surface area contributed by atoms with E-state index in [1.807, 2.05) is 53.1 Å². The number of hydrogen-bond acceptors (Lipinski definition) is 5. The molecule has 6 nitrogen and oxygen atoms in total. The first kappa shape index (κ1) is 19.8. The van der Waals surface area contributed by atoms with Crippen molar-refractivity contribution < 1.29 is 9.53 Å². The summed E-state index contributed by atoms with van der Waals surface area (Å²) < 4.78 is 7.48. The lowest BCUT2D eigenvalue weighted by Gasteiger charge is -2.15. The lowest BCUT2D eigenvalue weighted by molar-refractivity contribution is -0.120. The lowest BCUT2D eigenvalue weighted by atomic mass is 10.2. The SMILES string of the molecule is COc1ccccc1-c1nnc(SC2CCCCNC2=O)n1-c1ccc(Cl)cc1. The van der Waals surface area contributed by atoms with Gasteiger partial charge in [-0.05, 0) is 49.2 Å². The van der Waals surface area contributed by atoms with Gasteiger partial charge in [-0.1, -0.05) is 41.9 Å². The molecule has 8 heteroatoms. The summed E-state index contributed by atoms with van der Waals surface area (Å²) in [5, 5.41) is 13.0. The molecule has 1 aliphatic heterocycles. The first-order valence-corrected chi connectivity index (χ1v) is 10.7. The molecule has 0 saturated carbocycles. The fourth-order valence-electron chi connectivity index (χ4n) is 3.32. The number of methoxy groups -OCH3 is 1. The summed E-state index contributed by atoms with van der Waals surface area (Å²) in [6, 6.07) is 15.2. The van der Waals surface area contributed by atoms with E-state index in [4.69, 9.17) is 16.3 Å². The molecule has 1 N–H and O–H groups in total. The molecule has 0 radical (unpaired) electrons. The molecule has 1 aromatic heterocycles. The number of carbonyl (C=O) groups excluding carboxylic acids is 1. The van der Waals surface area contributed by atoms with Gasteiger partial charge in [-0.3, -0.25) is 9.36 Å². The van der Waals surface area contributed by atoms with Crippen LogP contribution < -0.4 is 10.1 Å². The maximum Gasteiger partial charge on any atom is 0.233 e. The van der Waals surface area contributed by atoms with Crippen LogP contribution in [0.5, 0.6) is 5.75 Å². The first-order chi connectivity index (χ1) is 14.2. The minimum Gasteiger partial charge on any atom is -0.496 e. The molecular formula is C21H21ClN4O2S. The molecule has 0 aliphatic carbocycles. The minimum absolute atomic E-state index is 0.0528. The van der Waals surface area contributed by atoms with E-state index in [0.29, 0.717) is 21.8 Å². The highest BCUT2D eigenvalue weighted by Gasteiger charge is 2.26. The maximum atomic E-state index is 12.5. The van der Waals surface area contributed by atoms with Crippen LogP contribution in [0.4, 0.5) is 0 Å². The number of amides is 1. The quantitative estimate of drug-likeness (QED) is 0.654. The van der Waals surface area contributed by atoms with Gasteiger partial charge in [-0.25, -0.2) is 0 Å². The molecule has 150 valence electrons. The fraction of sp³-hybridized carbons (Fsp3) is 0.286. The minimum atomic E-state index is -0.196. The normalized spacial score (nSPS) is 16.9. The van der Waals surface area contributed by atoms with Crippen molar-refractivity contribution in [1.82, 2.24) is 20.1 Å². The second-order valence-electron chi connectivity index (χ2n) is 6.71. The lowest BCUT2D eigenvalue weighted by Crippen LogP contribution is -2.30. The Hall–Kier alpha value is -2.51. The summed E-state index contributed by atoms with van der Waals surface area (Å²) >= 11 is 7.54. The van der Waals surface area contributed by atoms with Crippen molar-refractivity contribution >= 4 is 29.3 Å². The van der Waals surface area contributed by atoms with Gasteiger partial charge >= 0.3 is 0 Å². The molecule has 3 aromatic rings. The van der Waals surface area contributed by atoms with Crippen molar-refractivity contribution in [1.29, 1.82) is 0 Å². The van der Waals surface area contributed by atoms with Crippen LogP contribution in [-0.4, -0.2) is 39.6 Å². The number of thioether (sulfide) groups is 1. The number of benzene rings is 2. The number of halogens is 1. The number of ether oxygens (including phenoxy) is 1. The highest BCUT2D eigenvalue weighted by molar-refractivity contribution is 8.00. The van der Waals surface area contributed by atoms with Crippen LogP contribution in [0.15, 0.2) is 53.7 Å². The summed E-state index contributed by atoms with van der Waals surface area (Å²) in [5.74, 6) is 1.41. The molecule has 1 unspecified atom stereocenters. The van der Waals surface area contributed by atoms with E-state index in [0.717, 1.165) is 37.1 Å². The molecule has 1 fully saturated rings. The number of carbonyl (C=O) groups is 1. The van der Waals surface area contributed by atoms with E-state index in [-0.39, 0.29) is 11.2 Å². The van der Waals surface area contributed by atoms with Crippen LogP contribution in [0.2, 0.25) is 5.02 Å². The van der Waals surface area contributed by atoms with Crippen LogP contribution in [-0.2, 0) is 4.79 Å². The Morgan fingerprint density at radius 1 is 1.14 bits per heavy atom. The van der Waals surface area contributed by atoms with Crippen LogP contribution in [0, 0.1) is 0 Å². The van der Waals surface area contributed by atoms with Crippen molar-refractivity contribution in [3.63, 3.8) is 0 Å². The molecular weight excluding hydrogens is 408 g/mol. The van der Waals surface area contributed by atoms with Crippen molar-refractivity contribution in [3.8, 4) is 22.8 Å². The number of rotatable bonds is 5. The summed E-state index contributed by atoms with van der Waals surface area (Å²) in [6.07, 6.45) is 2.82. The predicted octanol–water partition coefficient (Wildman–Crippen LogP) is 4.36. The highest BCUT2D eigenvalue weighted by Crippen LogP contribution is 2.35. The Balaban J connectivity index is 1.80. The second-order valence-corrected chi connectivity index (χ2v) is 8.32. The van der Waals surface area contributed by atoms with Gasteiger partial charge < -0.3 is 10.1 Å². The van der Waals surface area contributed by atoms with Gasteiger partial charge in [-0.2, -0.15) is 0 Å². The van der Waals surface area contributed by atoms with E-state index in [2.05, 4.69) is 15.5 Å². The van der Waals surface area contributed by atoms with Gasteiger partial charge in [0.2, 0.25) is 5.91 Å². The highest BCUT2D eigenvalue weighted by atomic mass is 35.5. The monoisotopic (exact) mass is 428 g/mol. The van der Waals surface area contributed by atoms with Gasteiger partial charge in [-0.15, -0.1) is 10.2 Å². The van der Waals surface area contributed by atoms with Gasteiger partial charge in [0.15, 0.2) is 11.0 Å². The molecule has 1 aliphatic rings. The third kappa shape index (κ3) is 4.26. The third-order valence-electron chi connectivity index (χ3n) is 4.80. The van der Waals surface area contributed by atoms with Gasteiger partial charge in [0.05, 0.1) is 17.9 Å². The van der Waals surface area contributed by atoms with Gasteiger partial charge in [0.25, 0.3) is 0 Å². The van der Waals surface area contributed by atoms with Crippen LogP contribution in [0.3, 0.4) is 0 Å². The summed E-state index contributed by atoms with van der Waals surface area (Å²) in [4.78, 5) is 12.5. The molecule has 1 amide bonds. The van der Waals surface area contributed by atoms with E-state index >= 15 is 0 Å². The summed E-state index contributed by atoms with van der Waals surface area (Å²) in [6.45, 7) is 0.728. The Bertz CT molecular complexity index is 1010. The Kier molecular flexibility index (Phi) is 6.06. The number of para-hydroxylation sites is 1. The Morgan fingerprint density at radius 2 is 1.93 bits per heavy atom. The van der Waals surface area contributed by atoms with Gasteiger partial charge in [0, 0.05) is 17.3 Å². The van der Waals surface area contributed by atoms with E-state index in [9.17, 15) is 4.79 Å². The van der Waals surface area contributed by atoms with E-state index in [1.165, 1.54) is 11.8 Å². The molecule has 1 atom stereocenters. The molecule has 0 bridgehead atoms. The first-order valence-electron chi connectivity index (χ1n) is 9.46. The van der Waals surface area contributed by atoms with Crippen LogP contribution in [0.1, 0.15) is 19.3 Å². The predicted molar refractivity (Wildman–Crippen MR) is 115 cm³/mol. The molecule has 2 aromatic carbocycles. The maximum absolute atomic E-state index is 12.5. The van der Waals surface area contributed by atoms with Crippen molar-refractivity contribution in [2.45, 2.75) is 29.7 Å². The zero-order valence-corrected chi connectivity index (χ0v) is 17.5. The Labute approximate surface area is 178 Å². The molecule has 29 heavy (non-hydrogen) atoms. The summed E-state index contributed by atoms with van der Waals surface area (Å²) in [5.41, 5.74) is 1.70. The zero-order valence-electron chi connectivity index (χ0n) is 16.0. The van der Waals surface area contributed by atoms with Crippen LogP contribution >= 0.6 is 23.4 Å². The summed E-state index contributed by atoms with van der Waals surface area (Å²) in [7, 11) is 1.63. The second kappa shape index (κ2) is 8.88. The van der Waals surface area contributed by atoms with Gasteiger partial charge in [0.1, 0.15) is 5.75 Å². The molecule has 4 rings (SSSR count). The Morgan fingerprint density at radius 3 is 2.72 bits per heavy atom. The number of nitrogens with one attached hydrogen (secondary N) is 1. The number of nitrogens with zero attached hydrogens (tertiary/aromatic N) is 3. The fourth-order valence-corrected chi connectivity index (χ4v) is 4.56. The van der Waals surface area contributed by atoms with E-state index in [1.54, 1.807) is 7.11 Å². The number of aromatic nitrogens is 3. The molecule has 0 spiro atoms. The standard InChI is InChI=1S/C21H21ClN4O2S/c1-28-17-7-3-2-6-16(17)19-24-25-21(26(19)15-11-9-14(22)10-12-15)29-18-8-4-5-13-23-20(18)27/h2-3,6-7,9-12,18H,4-5,8,13H2,1H3,(H,23,27).